The zero-order chi connectivity index (χ0) is 22.3. The predicted octanol–water partition coefficient (Wildman–Crippen LogP) is 4.84. The molecule has 0 bridgehead atoms. The molecule has 0 spiro atoms. The van der Waals surface area contributed by atoms with E-state index >= 15 is 0 Å². The molecule has 4 aromatic rings. The summed E-state index contributed by atoms with van der Waals surface area (Å²) in [5.74, 6) is 0.800. The minimum absolute atomic E-state index is 0.136. The van der Waals surface area contributed by atoms with E-state index in [2.05, 4.69) is 22.3 Å². The molecule has 2 aromatic heterocycles. The van der Waals surface area contributed by atoms with Gasteiger partial charge in [-0.25, -0.2) is 14.1 Å². The summed E-state index contributed by atoms with van der Waals surface area (Å²) in [7, 11) is 0. The van der Waals surface area contributed by atoms with Gasteiger partial charge in [-0.15, -0.1) is 5.10 Å². The van der Waals surface area contributed by atoms with Crippen LogP contribution in [0.1, 0.15) is 40.8 Å². The van der Waals surface area contributed by atoms with Crippen LogP contribution in [0.3, 0.4) is 0 Å². The first-order chi connectivity index (χ1) is 15.6. The van der Waals surface area contributed by atoms with Gasteiger partial charge in [0.25, 0.3) is 5.91 Å². The van der Waals surface area contributed by atoms with Crippen LogP contribution in [-0.4, -0.2) is 20.7 Å². The maximum absolute atomic E-state index is 13.0. The van der Waals surface area contributed by atoms with Crippen molar-refractivity contribution in [3.05, 3.63) is 95.5 Å². The number of aromatic nitrogens is 3. The standard InChI is InChI=1S/C24H23FN4O3/c1-2-3-17-6-10-20(11-7-17)31-15-21-12-13-22(32-21)23(30)27-24-26-16-29(28-24)14-18-4-8-19(25)9-5-18/h4-13,16H,2-3,14-15H2,1H3,(H,27,28,30). The maximum atomic E-state index is 13.0. The average molecular weight is 434 g/mol. The Labute approximate surface area is 184 Å². The summed E-state index contributed by atoms with van der Waals surface area (Å²) in [5.41, 5.74) is 2.13. The molecule has 0 atom stereocenters. The molecule has 0 radical (unpaired) electrons. The number of hydrogen-bond donors (Lipinski definition) is 1. The summed E-state index contributed by atoms with van der Waals surface area (Å²) in [4.78, 5) is 16.5. The van der Waals surface area contributed by atoms with E-state index in [9.17, 15) is 9.18 Å². The molecule has 8 heteroatoms. The number of nitrogens with one attached hydrogen (secondary N) is 1. The van der Waals surface area contributed by atoms with E-state index in [0.717, 1.165) is 24.2 Å². The van der Waals surface area contributed by atoms with Crippen LogP contribution in [0.4, 0.5) is 10.3 Å². The molecule has 32 heavy (non-hydrogen) atoms. The smallest absolute Gasteiger partial charge is 0.293 e. The second kappa shape index (κ2) is 9.91. The van der Waals surface area contributed by atoms with Gasteiger partial charge in [-0.3, -0.25) is 10.1 Å². The Morgan fingerprint density at radius 3 is 2.56 bits per heavy atom. The number of hydrogen-bond acceptors (Lipinski definition) is 5. The van der Waals surface area contributed by atoms with Crippen LogP contribution in [0.25, 0.3) is 0 Å². The molecule has 7 nitrogen and oxygen atoms in total. The minimum Gasteiger partial charge on any atom is -0.486 e. The zero-order valence-corrected chi connectivity index (χ0v) is 17.6. The summed E-state index contributed by atoms with van der Waals surface area (Å²) in [5, 5.41) is 6.81. The van der Waals surface area contributed by atoms with E-state index in [1.54, 1.807) is 28.9 Å². The topological polar surface area (TPSA) is 82.2 Å². The van der Waals surface area contributed by atoms with Crippen LogP contribution < -0.4 is 10.1 Å². The van der Waals surface area contributed by atoms with E-state index < -0.39 is 5.91 Å². The summed E-state index contributed by atoms with van der Waals surface area (Å²) in [6.45, 7) is 2.76. The van der Waals surface area contributed by atoms with E-state index in [0.29, 0.717) is 12.3 Å². The number of rotatable bonds is 9. The number of furan rings is 1. The highest BCUT2D eigenvalue weighted by molar-refractivity contribution is 6.01. The molecule has 0 aliphatic rings. The molecule has 1 amide bonds. The maximum Gasteiger partial charge on any atom is 0.293 e. The quantitative estimate of drug-likeness (QED) is 0.408. The van der Waals surface area contributed by atoms with Gasteiger partial charge in [-0.2, -0.15) is 0 Å². The van der Waals surface area contributed by atoms with Crippen LogP contribution in [0.5, 0.6) is 5.75 Å². The van der Waals surface area contributed by atoms with Gasteiger partial charge >= 0.3 is 0 Å². The van der Waals surface area contributed by atoms with E-state index in [1.165, 1.54) is 24.0 Å². The van der Waals surface area contributed by atoms with Crippen LogP contribution in [0, 0.1) is 5.82 Å². The Morgan fingerprint density at radius 2 is 1.81 bits per heavy atom. The number of aryl methyl sites for hydroxylation is 1. The van der Waals surface area contributed by atoms with E-state index in [4.69, 9.17) is 9.15 Å². The first kappa shape index (κ1) is 21.3. The van der Waals surface area contributed by atoms with Crippen molar-refractivity contribution in [3.8, 4) is 5.75 Å². The summed E-state index contributed by atoms with van der Waals surface area (Å²) < 4.78 is 25.9. The third kappa shape index (κ3) is 5.60. The Kier molecular flexibility index (Phi) is 6.60. The number of anilines is 1. The van der Waals surface area contributed by atoms with Gasteiger partial charge in [0.15, 0.2) is 5.76 Å². The van der Waals surface area contributed by atoms with Crippen molar-refractivity contribution < 1.29 is 18.3 Å². The summed E-state index contributed by atoms with van der Waals surface area (Å²) >= 11 is 0. The Balaban J connectivity index is 1.30. The highest BCUT2D eigenvalue weighted by Crippen LogP contribution is 2.17. The van der Waals surface area contributed by atoms with Gasteiger partial charge in [0, 0.05) is 0 Å². The molecule has 0 saturated carbocycles. The molecule has 0 saturated heterocycles. The SMILES string of the molecule is CCCc1ccc(OCc2ccc(C(=O)Nc3ncn(Cc4ccc(F)cc4)n3)o2)cc1. The van der Waals surface area contributed by atoms with Crippen molar-refractivity contribution in [2.24, 2.45) is 0 Å². The number of nitrogens with zero attached hydrogens (tertiary/aromatic N) is 3. The molecule has 0 fully saturated rings. The van der Waals surface area contributed by atoms with Crippen molar-refractivity contribution in [2.45, 2.75) is 32.9 Å². The first-order valence-corrected chi connectivity index (χ1v) is 10.3. The molecule has 0 unspecified atom stereocenters. The summed E-state index contributed by atoms with van der Waals surface area (Å²) in [6.07, 6.45) is 3.63. The van der Waals surface area contributed by atoms with Crippen molar-refractivity contribution >= 4 is 11.9 Å². The fourth-order valence-corrected chi connectivity index (χ4v) is 3.14. The molecule has 1 N–H and O–H groups in total. The highest BCUT2D eigenvalue weighted by Gasteiger charge is 2.14. The molecule has 2 aromatic carbocycles. The lowest BCUT2D eigenvalue weighted by molar-refractivity contribution is 0.0991. The van der Waals surface area contributed by atoms with Gasteiger partial charge < -0.3 is 9.15 Å². The lowest BCUT2D eigenvalue weighted by atomic mass is 10.1. The van der Waals surface area contributed by atoms with E-state index in [1.807, 2.05) is 24.3 Å². The highest BCUT2D eigenvalue weighted by atomic mass is 19.1. The average Bonchev–Trinajstić information content (AvgIpc) is 3.45. The second-order valence-corrected chi connectivity index (χ2v) is 7.29. The van der Waals surface area contributed by atoms with Crippen LogP contribution in [-0.2, 0) is 19.6 Å². The van der Waals surface area contributed by atoms with E-state index in [-0.39, 0.29) is 24.1 Å². The minimum atomic E-state index is -0.459. The monoisotopic (exact) mass is 434 g/mol. The zero-order valence-electron chi connectivity index (χ0n) is 17.6. The largest absolute Gasteiger partial charge is 0.486 e. The van der Waals surface area contributed by atoms with Gasteiger partial charge in [-0.05, 0) is 53.9 Å². The lowest BCUT2D eigenvalue weighted by Crippen LogP contribution is -2.12. The molecular weight excluding hydrogens is 411 g/mol. The van der Waals surface area contributed by atoms with Gasteiger partial charge in [-0.1, -0.05) is 37.6 Å². The Hall–Kier alpha value is -3.94. The lowest BCUT2D eigenvalue weighted by Gasteiger charge is -2.05. The summed E-state index contributed by atoms with van der Waals surface area (Å²) in [6, 6.07) is 17.3. The van der Waals surface area contributed by atoms with Crippen molar-refractivity contribution in [1.29, 1.82) is 0 Å². The number of halogens is 1. The number of benzene rings is 2. The molecule has 2 heterocycles. The second-order valence-electron chi connectivity index (χ2n) is 7.29. The van der Waals surface area contributed by atoms with Crippen LogP contribution in [0.2, 0.25) is 0 Å². The number of carbonyl (C=O) groups excluding carboxylic acids is 1. The van der Waals surface area contributed by atoms with Crippen molar-refractivity contribution in [2.75, 3.05) is 5.32 Å². The van der Waals surface area contributed by atoms with Crippen molar-refractivity contribution in [3.63, 3.8) is 0 Å². The molecular formula is C24H23FN4O3. The van der Waals surface area contributed by atoms with Gasteiger partial charge in [0.2, 0.25) is 5.95 Å². The van der Waals surface area contributed by atoms with Gasteiger partial charge in [0.05, 0.1) is 6.54 Å². The number of amides is 1. The predicted molar refractivity (Wildman–Crippen MR) is 117 cm³/mol. The van der Waals surface area contributed by atoms with Crippen LogP contribution in [0.15, 0.2) is 71.4 Å². The third-order valence-corrected chi connectivity index (χ3v) is 4.75. The fraction of sp³-hybridized carbons (Fsp3) is 0.208. The number of ether oxygens (including phenoxy) is 1. The molecule has 0 aliphatic carbocycles. The van der Waals surface area contributed by atoms with Crippen molar-refractivity contribution in [1.82, 2.24) is 14.8 Å². The molecule has 164 valence electrons. The van der Waals surface area contributed by atoms with Gasteiger partial charge in [0.1, 0.15) is 30.3 Å². The first-order valence-electron chi connectivity index (χ1n) is 10.3. The fourth-order valence-electron chi connectivity index (χ4n) is 3.14. The Morgan fingerprint density at radius 1 is 1.06 bits per heavy atom. The Bertz CT molecular complexity index is 1170. The number of carbonyl (C=O) groups is 1. The van der Waals surface area contributed by atoms with Crippen LogP contribution >= 0.6 is 0 Å². The molecule has 4 rings (SSSR count). The third-order valence-electron chi connectivity index (χ3n) is 4.75. The molecule has 0 aliphatic heterocycles. The normalized spacial score (nSPS) is 10.8.